The Labute approximate surface area is 114 Å². The smallest absolute Gasteiger partial charge is 0.224 e. The van der Waals surface area contributed by atoms with Crippen molar-refractivity contribution in [1.82, 2.24) is 5.32 Å². The van der Waals surface area contributed by atoms with Crippen LogP contribution in [0.3, 0.4) is 0 Å². The summed E-state index contributed by atoms with van der Waals surface area (Å²) in [5.74, 6) is 1.34. The third kappa shape index (κ3) is 4.56. The number of ether oxygens (including phenoxy) is 1. The molecule has 0 saturated carbocycles. The van der Waals surface area contributed by atoms with Gasteiger partial charge in [-0.2, -0.15) is 0 Å². The van der Waals surface area contributed by atoms with E-state index in [0.717, 1.165) is 37.4 Å². The van der Waals surface area contributed by atoms with E-state index in [1.165, 1.54) is 0 Å². The molecule has 1 aliphatic heterocycles. The van der Waals surface area contributed by atoms with Gasteiger partial charge in [-0.1, -0.05) is 6.07 Å². The van der Waals surface area contributed by atoms with E-state index >= 15 is 0 Å². The normalized spacial score (nSPS) is 18.9. The quantitative estimate of drug-likeness (QED) is 0.856. The SMILES string of the molecule is CCOc1cccc(NC(=O)CC2CCCNC2)c1. The van der Waals surface area contributed by atoms with Crippen LogP contribution < -0.4 is 15.4 Å². The van der Waals surface area contributed by atoms with Gasteiger partial charge in [-0.05, 0) is 50.9 Å². The molecule has 1 aliphatic rings. The first kappa shape index (κ1) is 13.9. The summed E-state index contributed by atoms with van der Waals surface area (Å²) in [6, 6.07) is 7.53. The van der Waals surface area contributed by atoms with Gasteiger partial charge in [-0.25, -0.2) is 0 Å². The van der Waals surface area contributed by atoms with E-state index in [4.69, 9.17) is 4.74 Å². The lowest BCUT2D eigenvalue weighted by Gasteiger charge is -2.22. The molecule has 1 aromatic carbocycles. The summed E-state index contributed by atoms with van der Waals surface area (Å²) in [5.41, 5.74) is 0.805. The van der Waals surface area contributed by atoms with E-state index in [0.29, 0.717) is 18.9 Å². The van der Waals surface area contributed by atoms with Crippen LogP contribution >= 0.6 is 0 Å². The highest BCUT2D eigenvalue weighted by Gasteiger charge is 2.16. The second-order valence-corrected chi connectivity index (χ2v) is 4.93. The summed E-state index contributed by atoms with van der Waals surface area (Å²) in [6.07, 6.45) is 2.89. The van der Waals surface area contributed by atoms with E-state index in [1.54, 1.807) is 0 Å². The number of carbonyl (C=O) groups is 1. The van der Waals surface area contributed by atoms with Gasteiger partial charge >= 0.3 is 0 Å². The number of nitrogens with one attached hydrogen (secondary N) is 2. The van der Waals surface area contributed by atoms with Crippen LogP contribution in [0.25, 0.3) is 0 Å². The Bertz CT molecular complexity index is 414. The Morgan fingerprint density at radius 3 is 3.16 bits per heavy atom. The van der Waals surface area contributed by atoms with Gasteiger partial charge in [0.2, 0.25) is 5.91 Å². The zero-order valence-corrected chi connectivity index (χ0v) is 11.4. The maximum atomic E-state index is 12.0. The molecule has 1 heterocycles. The molecule has 1 aromatic rings. The van der Waals surface area contributed by atoms with Crippen LogP contribution in [0.1, 0.15) is 26.2 Å². The molecule has 0 bridgehead atoms. The Balaban J connectivity index is 1.85. The zero-order chi connectivity index (χ0) is 13.5. The number of anilines is 1. The predicted octanol–water partition coefficient (Wildman–Crippen LogP) is 2.41. The largest absolute Gasteiger partial charge is 0.494 e. The lowest BCUT2D eigenvalue weighted by molar-refractivity contribution is -0.117. The molecular weight excluding hydrogens is 240 g/mol. The van der Waals surface area contributed by atoms with Crippen molar-refractivity contribution in [2.45, 2.75) is 26.2 Å². The number of hydrogen-bond acceptors (Lipinski definition) is 3. The molecule has 19 heavy (non-hydrogen) atoms. The highest BCUT2D eigenvalue weighted by molar-refractivity contribution is 5.91. The molecule has 0 radical (unpaired) electrons. The molecule has 0 aliphatic carbocycles. The molecule has 1 fully saturated rings. The van der Waals surface area contributed by atoms with Gasteiger partial charge in [-0.15, -0.1) is 0 Å². The predicted molar refractivity (Wildman–Crippen MR) is 76.5 cm³/mol. The van der Waals surface area contributed by atoms with Gasteiger partial charge < -0.3 is 15.4 Å². The summed E-state index contributed by atoms with van der Waals surface area (Å²) in [4.78, 5) is 12.0. The average Bonchev–Trinajstić information content (AvgIpc) is 2.40. The minimum absolute atomic E-state index is 0.0855. The van der Waals surface area contributed by atoms with Gasteiger partial charge in [0, 0.05) is 18.2 Å². The molecule has 104 valence electrons. The van der Waals surface area contributed by atoms with Crippen LogP contribution in [-0.2, 0) is 4.79 Å². The minimum Gasteiger partial charge on any atom is -0.494 e. The molecule has 0 aromatic heterocycles. The molecule has 1 saturated heterocycles. The van der Waals surface area contributed by atoms with Crippen molar-refractivity contribution in [3.8, 4) is 5.75 Å². The van der Waals surface area contributed by atoms with Crippen LogP contribution in [0.2, 0.25) is 0 Å². The maximum Gasteiger partial charge on any atom is 0.224 e. The second-order valence-electron chi connectivity index (χ2n) is 4.93. The molecular formula is C15H22N2O2. The van der Waals surface area contributed by atoms with E-state index < -0.39 is 0 Å². The fourth-order valence-corrected chi connectivity index (χ4v) is 2.40. The van der Waals surface area contributed by atoms with E-state index in [2.05, 4.69) is 10.6 Å². The summed E-state index contributed by atoms with van der Waals surface area (Å²) in [6.45, 7) is 4.60. The first-order valence-electron chi connectivity index (χ1n) is 7.01. The Kier molecular flexibility index (Phi) is 5.21. The van der Waals surface area contributed by atoms with Crippen molar-refractivity contribution >= 4 is 11.6 Å². The number of hydrogen-bond donors (Lipinski definition) is 2. The molecule has 1 unspecified atom stereocenters. The maximum absolute atomic E-state index is 12.0. The molecule has 4 heteroatoms. The topological polar surface area (TPSA) is 50.4 Å². The zero-order valence-electron chi connectivity index (χ0n) is 11.4. The summed E-state index contributed by atoms with van der Waals surface area (Å²) in [5, 5.41) is 6.27. The Hall–Kier alpha value is -1.55. The van der Waals surface area contributed by atoms with Crippen LogP contribution in [0.15, 0.2) is 24.3 Å². The van der Waals surface area contributed by atoms with Crippen LogP contribution in [0.4, 0.5) is 5.69 Å². The van der Waals surface area contributed by atoms with Gasteiger partial charge in [0.15, 0.2) is 0 Å². The number of amides is 1. The van der Waals surface area contributed by atoms with Crippen molar-refractivity contribution in [3.63, 3.8) is 0 Å². The fraction of sp³-hybridized carbons (Fsp3) is 0.533. The van der Waals surface area contributed by atoms with E-state index in [-0.39, 0.29) is 5.91 Å². The molecule has 1 amide bonds. The Morgan fingerprint density at radius 1 is 1.53 bits per heavy atom. The molecule has 2 rings (SSSR count). The van der Waals surface area contributed by atoms with Crippen molar-refractivity contribution in [1.29, 1.82) is 0 Å². The minimum atomic E-state index is 0.0855. The summed E-state index contributed by atoms with van der Waals surface area (Å²) < 4.78 is 5.42. The van der Waals surface area contributed by atoms with Gasteiger partial charge in [0.05, 0.1) is 6.61 Å². The van der Waals surface area contributed by atoms with E-state index in [1.807, 2.05) is 31.2 Å². The first-order chi connectivity index (χ1) is 9.28. The van der Waals surface area contributed by atoms with E-state index in [9.17, 15) is 4.79 Å². The number of rotatable bonds is 5. The third-order valence-electron chi connectivity index (χ3n) is 3.30. The third-order valence-corrected chi connectivity index (χ3v) is 3.30. The van der Waals surface area contributed by atoms with Crippen molar-refractivity contribution in [2.75, 3.05) is 25.0 Å². The van der Waals surface area contributed by atoms with Gasteiger partial charge in [0.1, 0.15) is 5.75 Å². The lowest BCUT2D eigenvalue weighted by atomic mass is 9.96. The molecule has 0 spiro atoms. The van der Waals surface area contributed by atoms with Crippen LogP contribution in [0.5, 0.6) is 5.75 Å². The van der Waals surface area contributed by atoms with Gasteiger partial charge in [0.25, 0.3) is 0 Å². The number of piperidine rings is 1. The van der Waals surface area contributed by atoms with Crippen LogP contribution in [0, 0.1) is 5.92 Å². The summed E-state index contributed by atoms with van der Waals surface area (Å²) in [7, 11) is 0. The highest BCUT2D eigenvalue weighted by atomic mass is 16.5. The Morgan fingerprint density at radius 2 is 2.42 bits per heavy atom. The van der Waals surface area contributed by atoms with Crippen molar-refractivity contribution in [2.24, 2.45) is 5.92 Å². The molecule has 4 nitrogen and oxygen atoms in total. The van der Waals surface area contributed by atoms with Crippen LogP contribution in [-0.4, -0.2) is 25.6 Å². The van der Waals surface area contributed by atoms with Gasteiger partial charge in [-0.3, -0.25) is 4.79 Å². The highest BCUT2D eigenvalue weighted by Crippen LogP contribution is 2.19. The van der Waals surface area contributed by atoms with Crippen molar-refractivity contribution < 1.29 is 9.53 Å². The number of carbonyl (C=O) groups excluding carboxylic acids is 1. The lowest BCUT2D eigenvalue weighted by Crippen LogP contribution is -2.32. The fourth-order valence-electron chi connectivity index (χ4n) is 2.40. The monoisotopic (exact) mass is 262 g/mol. The number of benzene rings is 1. The molecule has 2 N–H and O–H groups in total. The molecule has 1 atom stereocenters. The standard InChI is InChI=1S/C15H22N2O2/c1-2-19-14-7-3-6-13(10-14)17-15(18)9-12-5-4-8-16-11-12/h3,6-7,10,12,16H,2,4-5,8-9,11H2,1H3,(H,17,18). The second kappa shape index (κ2) is 7.14. The first-order valence-corrected chi connectivity index (χ1v) is 7.01. The summed E-state index contributed by atoms with van der Waals surface area (Å²) >= 11 is 0. The average molecular weight is 262 g/mol. The van der Waals surface area contributed by atoms with Crippen molar-refractivity contribution in [3.05, 3.63) is 24.3 Å².